The summed E-state index contributed by atoms with van der Waals surface area (Å²) in [5, 5.41) is 4.19. The molecule has 0 spiro atoms. The van der Waals surface area contributed by atoms with Gasteiger partial charge in [0.15, 0.2) is 15.5 Å². The molecule has 29 heavy (non-hydrogen) atoms. The summed E-state index contributed by atoms with van der Waals surface area (Å²) < 4.78 is 66.1. The molecule has 0 amide bonds. The van der Waals surface area contributed by atoms with E-state index in [-0.39, 0.29) is 16.2 Å². The number of nitrogens with zero attached hydrogens (tertiary/aromatic N) is 2. The zero-order chi connectivity index (χ0) is 21.4. The fourth-order valence-electron chi connectivity index (χ4n) is 3.01. The number of aryl methyl sites for hydroxylation is 1. The summed E-state index contributed by atoms with van der Waals surface area (Å²) in [5.74, 6) is 0. The Morgan fingerprint density at radius 1 is 0.966 bits per heavy atom. The molecule has 1 heterocycles. The average Bonchev–Trinajstić information content (AvgIpc) is 3.02. The third-order valence-electron chi connectivity index (χ3n) is 4.37. The maximum Gasteiger partial charge on any atom is 0.434 e. The Hall–Kier alpha value is -2.87. The van der Waals surface area contributed by atoms with Gasteiger partial charge >= 0.3 is 6.18 Å². The molecule has 8 heteroatoms. The van der Waals surface area contributed by atoms with Crippen LogP contribution >= 0.6 is 0 Å². The lowest BCUT2D eigenvalue weighted by Crippen LogP contribution is -2.12. The van der Waals surface area contributed by atoms with Crippen LogP contribution in [0.4, 0.5) is 13.2 Å². The van der Waals surface area contributed by atoms with Crippen LogP contribution < -0.4 is 0 Å². The van der Waals surface area contributed by atoms with Gasteiger partial charge in [0.25, 0.3) is 0 Å². The smallest absolute Gasteiger partial charge is 0.235 e. The van der Waals surface area contributed by atoms with Crippen molar-refractivity contribution in [2.75, 3.05) is 6.26 Å². The van der Waals surface area contributed by atoms with E-state index in [2.05, 4.69) is 5.10 Å². The number of benzene rings is 2. The van der Waals surface area contributed by atoms with Gasteiger partial charge < -0.3 is 0 Å². The predicted octanol–water partition coefficient (Wildman–Crippen LogP) is 5.44. The first-order valence-electron chi connectivity index (χ1n) is 8.72. The molecule has 4 nitrogen and oxygen atoms in total. The van der Waals surface area contributed by atoms with Crippen molar-refractivity contribution in [1.82, 2.24) is 9.78 Å². The highest BCUT2D eigenvalue weighted by molar-refractivity contribution is 7.90. The van der Waals surface area contributed by atoms with Gasteiger partial charge in [-0.1, -0.05) is 48.0 Å². The van der Waals surface area contributed by atoms with Gasteiger partial charge in [-0.3, -0.25) is 0 Å². The van der Waals surface area contributed by atoms with Crippen molar-refractivity contribution in [2.24, 2.45) is 0 Å². The molecule has 0 N–H and O–H groups in total. The average molecular weight is 420 g/mol. The van der Waals surface area contributed by atoms with Gasteiger partial charge in [0, 0.05) is 23.6 Å². The summed E-state index contributed by atoms with van der Waals surface area (Å²) in [6.07, 6.45) is -0.855. The molecule has 3 rings (SSSR count). The Kier molecular flexibility index (Phi) is 5.40. The molecule has 0 aliphatic rings. The van der Waals surface area contributed by atoms with E-state index in [0.717, 1.165) is 16.5 Å². The third-order valence-corrected chi connectivity index (χ3v) is 5.49. The Morgan fingerprint density at radius 2 is 1.52 bits per heavy atom. The van der Waals surface area contributed by atoms with Crippen molar-refractivity contribution in [3.05, 3.63) is 65.9 Å². The van der Waals surface area contributed by atoms with Gasteiger partial charge in [-0.15, -0.1) is 0 Å². The van der Waals surface area contributed by atoms with E-state index in [9.17, 15) is 21.6 Å². The molecule has 0 unspecified atom stereocenters. The molecule has 152 valence electrons. The number of sulfone groups is 1. The minimum Gasteiger partial charge on any atom is -0.235 e. The van der Waals surface area contributed by atoms with E-state index in [4.69, 9.17) is 0 Å². The fourth-order valence-corrected chi connectivity index (χ4v) is 3.64. The predicted molar refractivity (Wildman–Crippen MR) is 107 cm³/mol. The molecule has 0 aliphatic carbocycles. The van der Waals surface area contributed by atoms with Crippen molar-refractivity contribution in [2.45, 2.75) is 24.9 Å². The lowest BCUT2D eigenvalue weighted by Gasteiger charge is -2.11. The summed E-state index contributed by atoms with van der Waals surface area (Å²) in [6, 6.07) is 12.4. The second-order valence-electron chi connectivity index (χ2n) is 6.66. The Morgan fingerprint density at radius 3 is 2.00 bits per heavy atom. The number of halogens is 3. The van der Waals surface area contributed by atoms with Crippen molar-refractivity contribution in [1.29, 1.82) is 0 Å². The normalized spacial score (nSPS) is 12.6. The lowest BCUT2D eigenvalue weighted by atomic mass is 9.98. The molecule has 2 aromatic carbocycles. The topological polar surface area (TPSA) is 52.0 Å². The molecule has 0 atom stereocenters. The minimum atomic E-state index is -4.64. The van der Waals surface area contributed by atoms with E-state index in [1.165, 1.54) is 36.5 Å². The molecule has 0 saturated heterocycles. The van der Waals surface area contributed by atoms with Gasteiger partial charge in [-0.25, -0.2) is 13.1 Å². The van der Waals surface area contributed by atoms with Crippen LogP contribution in [-0.2, 0) is 16.0 Å². The van der Waals surface area contributed by atoms with Crippen LogP contribution in [0.1, 0.15) is 18.2 Å². The molecule has 1 aromatic heterocycles. The first-order valence-corrected chi connectivity index (χ1v) is 10.6. The maximum atomic E-state index is 14.0. The van der Waals surface area contributed by atoms with E-state index < -0.39 is 21.7 Å². The van der Waals surface area contributed by atoms with Crippen molar-refractivity contribution in [3.63, 3.8) is 0 Å². The molecule has 0 bridgehead atoms. The quantitative estimate of drug-likeness (QED) is 0.565. The van der Waals surface area contributed by atoms with Crippen LogP contribution in [0, 0.1) is 6.92 Å². The van der Waals surface area contributed by atoms with Gasteiger partial charge in [0.2, 0.25) is 0 Å². The van der Waals surface area contributed by atoms with E-state index in [1.54, 1.807) is 31.2 Å². The monoisotopic (exact) mass is 420 g/mol. The highest BCUT2D eigenvalue weighted by Crippen LogP contribution is 2.43. The first kappa shape index (κ1) is 20.9. The highest BCUT2D eigenvalue weighted by atomic mass is 32.2. The first-order chi connectivity index (χ1) is 13.5. The van der Waals surface area contributed by atoms with Crippen LogP contribution in [0.3, 0.4) is 0 Å². The second-order valence-corrected chi connectivity index (χ2v) is 8.68. The SMILES string of the molecule is CC=Cn1nc(-c2ccc(S(C)(=O)=O)cc2)c(-c2ccc(C)cc2)c1C(F)(F)F. The van der Waals surface area contributed by atoms with E-state index in [0.29, 0.717) is 11.1 Å². The van der Waals surface area contributed by atoms with E-state index in [1.807, 2.05) is 6.92 Å². The summed E-state index contributed by atoms with van der Waals surface area (Å²) in [4.78, 5) is 0.0852. The number of alkyl halides is 3. The van der Waals surface area contributed by atoms with E-state index >= 15 is 0 Å². The second kappa shape index (κ2) is 7.51. The van der Waals surface area contributed by atoms with Crippen LogP contribution in [0.15, 0.2) is 59.5 Å². The lowest BCUT2D eigenvalue weighted by molar-refractivity contribution is -0.142. The van der Waals surface area contributed by atoms with Gasteiger partial charge in [0.05, 0.1) is 4.90 Å². The Balaban J connectivity index is 2.32. The van der Waals surface area contributed by atoms with Crippen LogP contribution in [0.2, 0.25) is 0 Å². The van der Waals surface area contributed by atoms with Crippen LogP contribution in [0.25, 0.3) is 28.6 Å². The third kappa shape index (κ3) is 4.27. The zero-order valence-electron chi connectivity index (χ0n) is 16.0. The number of hydrogen-bond acceptors (Lipinski definition) is 3. The van der Waals surface area contributed by atoms with Crippen LogP contribution in [0.5, 0.6) is 0 Å². The molecule has 0 aliphatic heterocycles. The molecular weight excluding hydrogens is 401 g/mol. The standard InChI is InChI=1S/C21H19F3N2O2S/c1-4-13-26-20(21(22,23)24)18(15-7-5-14(2)6-8-15)19(25-26)16-9-11-17(12-10-16)29(3,27)28/h4-13H,1-3H3. The number of aromatic nitrogens is 2. The van der Waals surface area contributed by atoms with Crippen molar-refractivity contribution >= 4 is 16.0 Å². The van der Waals surface area contributed by atoms with Crippen molar-refractivity contribution < 1.29 is 21.6 Å². The zero-order valence-corrected chi connectivity index (χ0v) is 16.8. The number of allylic oxidation sites excluding steroid dienone is 1. The van der Waals surface area contributed by atoms with Gasteiger partial charge in [0.1, 0.15) is 5.69 Å². The highest BCUT2D eigenvalue weighted by Gasteiger charge is 2.40. The number of hydrogen-bond donors (Lipinski definition) is 0. The molecule has 0 radical (unpaired) electrons. The largest absolute Gasteiger partial charge is 0.434 e. The molecule has 3 aromatic rings. The number of rotatable bonds is 4. The van der Waals surface area contributed by atoms with Gasteiger partial charge in [-0.2, -0.15) is 18.3 Å². The Bertz CT molecular complexity index is 1160. The van der Waals surface area contributed by atoms with Gasteiger partial charge in [-0.05, 0) is 31.5 Å². The van der Waals surface area contributed by atoms with Crippen LogP contribution in [-0.4, -0.2) is 24.5 Å². The van der Waals surface area contributed by atoms with Crippen molar-refractivity contribution in [3.8, 4) is 22.4 Å². The summed E-state index contributed by atoms with van der Waals surface area (Å²) in [7, 11) is -3.42. The summed E-state index contributed by atoms with van der Waals surface area (Å²) >= 11 is 0. The molecular formula is C21H19F3N2O2S. The minimum absolute atomic E-state index is 0.0531. The fraction of sp³-hybridized carbons (Fsp3) is 0.190. The molecule has 0 saturated carbocycles. The maximum absolute atomic E-state index is 14.0. The molecule has 0 fully saturated rings. The summed E-state index contributed by atoms with van der Waals surface area (Å²) in [5.41, 5.74) is 0.869. The summed E-state index contributed by atoms with van der Waals surface area (Å²) in [6.45, 7) is 3.45. The Labute approximate surface area is 167 Å².